The Morgan fingerprint density at radius 2 is 1.94 bits per heavy atom. The predicted molar refractivity (Wildman–Crippen MR) is 118 cm³/mol. The van der Waals surface area contributed by atoms with Crippen LogP contribution in [0.2, 0.25) is 0 Å². The molecule has 0 radical (unpaired) electrons. The van der Waals surface area contributed by atoms with Crippen molar-refractivity contribution in [1.82, 2.24) is 24.9 Å². The zero-order valence-corrected chi connectivity index (χ0v) is 18.1. The standard InChI is InChI=1S/C23H21FN6O3/c1-29-19-10-11-30(23(31)25-16-4-3-5-17(12-16)32-2)13-18(19)20(28-29)22-27-26-21(33-22)14-6-8-15(24)9-7-14/h3-9,12H,10-11,13H2,1-2H3,(H,25,31). The Morgan fingerprint density at radius 1 is 1.15 bits per heavy atom. The molecule has 9 nitrogen and oxygen atoms in total. The Hall–Kier alpha value is -4.21. The first-order valence-electron chi connectivity index (χ1n) is 10.4. The molecule has 0 saturated carbocycles. The van der Waals surface area contributed by atoms with Crippen LogP contribution in [-0.4, -0.2) is 44.6 Å². The number of nitrogens with one attached hydrogen (secondary N) is 1. The van der Waals surface area contributed by atoms with Crippen LogP contribution in [0.1, 0.15) is 11.3 Å². The summed E-state index contributed by atoms with van der Waals surface area (Å²) in [5, 5.41) is 15.7. The van der Waals surface area contributed by atoms with Crippen molar-refractivity contribution in [1.29, 1.82) is 0 Å². The Bertz CT molecular complexity index is 1310. The minimum Gasteiger partial charge on any atom is -0.497 e. The lowest BCUT2D eigenvalue weighted by Crippen LogP contribution is -2.39. The number of methoxy groups -OCH3 is 1. The highest BCUT2D eigenvalue weighted by Gasteiger charge is 2.29. The quantitative estimate of drug-likeness (QED) is 0.509. The maximum absolute atomic E-state index is 13.2. The van der Waals surface area contributed by atoms with Gasteiger partial charge in [-0.25, -0.2) is 9.18 Å². The monoisotopic (exact) mass is 448 g/mol. The number of benzene rings is 2. The van der Waals surface area contributed by atoms with Gasteiger partial charge in [0.15, 0.2) is 5.69 Å². The Balaban J connectivity index is 1.38. The number of amides is 2. The number of anilines is 1. The number of rotatable bonds is 4. The number of fused-ring (bicyclic) bond motifs is 1. The van der Waals surface area contributed by atoms with E-state index >= 15 is 0 Å². The van der Waals surface area contributed by atoms with Crippen molar-refractivity contribution < 1.29 is 18.3 Å². The second kappa shape index (κ2) is 8.38. The number of aryl methyl sites for hydroxylation is 1. The van der Waals surface area contributed by atoms with E-state index in [1.54, 1.807) is 41.0 Å². The summed E-state index contributed by atoms with van der Waals surface area (Å²) in [4.78, 5) is 14.6. The molecule has 168 valence electrons. The van der Waals surface area contributed by atoms with E-state index in [0.29, 0.717) is 42.2 Å². The van der Waals surface area contributed by atoms with Crippen molar-refractivity contribution in [3.63, 3.8) is 0 Å². The van der Waals surface area contributed by atoms with Crippen molar-refractivity contribution in [2.24, 2.45) is 7.05 Å². The second-order valence-corrected chi connectivity index (χ2v) is 7.65. The van der Waals surface area contributed by atoms with Gasteiger partial charge in [-0.1, -0.05) is 6.07 Å². The van der Waals surface area contributed by atoms with E-state index < -0.39 is 0 Å². The number of urea groups is 1. The second-order valence-electron chi connectivity index (χ2n) is 7.65. The fourth-order valence-corrected chi connectivity index (χ4v) is 3.87. The lowest BCUT2D eigenvalue weighted by atomic mass is 10.1. The van der Waals surface area contributed by atoms with Crippen LogP contribution in [0.25, 0.3) is 23.0 Å². The average Bonchev–Trinajstić information content (AvgIpc) is 3.44. The van der Waals surface area contributed by atoms with Crippen LogP contribution >= 0.6 is 0 Å². The molecule has 0 bridgehead atoms. The van der Waals surface area contributed by atoms with Crippen molar-refractivity contribution in [3.8, 4) is 28.8 Å². The van der Waals surface area contributed by atoms with Gasteiger partial charge in [-0.05, 0) is 36.4 Å². The van der Waals surface area contributed by atoms with Crippen LogP contribution in [0.3, 0.4) is 0 Å². The van der Waals surface area contributed by atoms with Crippen molar-refractivity contribution in [2.45, 2.75) is 13.0 Å². The first-order valence-corrected chi connectivity index (χ1v) is 10.4. The average molecular weight is 448 g/mol. The van der Waals surface area contributed by atoms with Gasteiger partial charge in [-0.3, -0.25) is 4.68 Å². The van der Waals surface area contributed by atoms with Gasteiger partial charge in [-0.2, -0.15) is 5.10 Å². The normalized spacial score (nSPS) is 13.0. The van der Waals surface area contributed by atoms with Crippen LogP contribution < -0.4 is 10.1 Å². The summed E-state index contributed by atoms with van der Waals surface area (Å²) in [6.45, 7) is 0.898. The van der Waals surface area contributed by atoms with Crippen LogP contribution in [-0.2, 0) is 20.0 Å². The zero-order chi connectivity index (χ0) is 22.9. The molecule has 2 aromatic carbocycles. The fraction of sp³-hybridized carbons (Fsp3) is 0.217. The number of carbonyl (C=O) groups is 1. The molecule has 0 aliphatic carbocycles. The Kier molecular flexibility index (Phi) is 5.25. The summed E-state index contributed by atoms with van der Waals surface area (Å²) in [5.74, 6) is 0.843. The minimum absolute atomic E-state index is 0.221. The molecular formula is C23H21FN6O3. The molecule has 1 aliphatic rings. The number of ether oxygens (including phenoxy) is 1. The third kappa shape index (κ3) is 4.02. The summed E-state index contributed by atoms with van der Waals surface area (Å²) >= 11 is 0. The van der Waals surface area contributed by atoms with Crippen LogP contribution in [0, 0.1) is 5.82 Å². The number of nitrogens with zero attached hydrogens (tertiary/aromatic N) is 5. The highest BCUT2D eigenvalue weighted by atomic mass is 19.1. The van der Waals surface area contributed by atoms with E-state index in [2.05, 4.69) is 20.6 Å². The predicted octanol–water partition coefficient (Wildman–Crippen LogP) is 3.88. The molecule has 2 amide bonds. The Labute approximate surface area is 188 Å². The van der Waals surface area contributed by atoms with Crippen LogP contribution in [0.4, 0.5) is 14.9 Å². The van der Waals surface area contributed by atoms with E-state index in [0.717, 1.165) is 11.3 Å². The highest BCUT2D eigenvalue weighted by Crippen LogP contribution is 2.31. The summed E-state index contributed by atoms with van der Waals surface area (Å²) in [5.41, 5.74) is 3.67. The molecule has 0 spiro atoms. The van der Waals surface area contributed by atoms with Gasteiger partial charge in [0.1, 0.15) is 11.6 Å². The summed E-state index contributed by atoms with van der Waals surface area (Å²) in [7, 11) is 3.43. The third-order valence-electron chi connectivity index (χ3n) is 5.57. The first-order chi connectivity index (χ1) is 16.0. The van der Waals surface area contributed by atoms with Gasteiger partial charge in [0, 0.05) is 48.6 Å². The van der Waals surface area contributed by atoms with E-state index in [4.69, 9.17) is 9.15 Å². The largest absolute Gasteiger partial charge is 0.497 e. The topological polar surface area (TPSA) is 98.3 Å². The fourth-order valence-electron chi connectivity index (χ4n) is 3.87. The molecular weight excluding hydrogens is 427 g/mol. The molecule has 5 rings (SSSR count). The summed E-state index contributed by atoms with van der Waals surface area (Å²) in [6, 6.07) is 12.8. The maximum Gasteiger partial charge on any atom is 0.322 e. The molecule has 0 atom stereocenters. The van der Waals surface area contributed by atoms with Crippen LogP contribution in [0.15, 0.2) is 52.9 Å². The number of aromatic nitrogens is 4. The van der Waals surface area contributed by atoms with Crippen molar-refractivity contribution in [2.75, 3.05) is 19.0 Å². The van der Waals surface area contributed by atoms with Gasteiger partial charge in [-0.15, -0.1) is 10.2 Å². The van der Waals surface area contributed by atoms with Crippen molar-refractivity contribution >= 4 is 11.7 Å². The molecule has 2 aromatic heterocycles. The number of hydrogen-bond donors (Lipinski definition) is 1. The molecule has 4 aromatic rings. The van der Waals surface area contributed by atoms with Gasteiger partial charge in [0.05, 0.1) is 13.7 Å². The van der Waals surface area contributed by atoms with E-state index in [9.17, 15) is 9.18 Å². The van der Waals surface area contributed by atoms with Gasteiger partial charge < -0.3 is 19.4 Å². The molecule has 1 N–H and O–H groups in total. The SMILES string of the molecule is COc1cccc(NC(=O)N2CCc3c(c(-c4nnc(-c5ccc(F)cc5)o4)nn3C)C2)c1. The smallest absolute Gasteiger partial charge is 0.322 e. The number of hydrogen-bond acceptors (Lipinski definition) is 6. The minimum atomic E-state index is -0.343. The lowest BCUT2D eigenvalue weighted by molar-refractivity contribution is 0.206. The molecule has 1 aliphatic heterocycles. The molecule has 10 heteroatoms. The summed E-state index contributed by atoms with van der Waals surface area (Å²) < 4.78 is 26.1. The van der Waals surface area contributed by atoms with Gasteiger partial charge in [0.25, 0.3) is 5.89 Å². The molecule has 0 fully saturated rings. The van der Waals surface area contributed by atoms with Crippen molar-refractivity contribution in [3.05, 3.63) is 65.6 Å². The molecule has 3 heterocycles. The van der Waals surface area contributed by atoms with Crippen LogP contribution in [0.5, 0.6) is 5.75 Å². The Morgan fingerprint density at radius 3 is 2.73 bits per heavy atom. The zero-order valence-electron chi connectivity index (χ0n) is 18.1. The summed E-state index contributed by atoms with van der Waals surface area (Å²) in [6.07, 6.45) is 0.642. The molecule has 33 heavy (non-hydrogen) atoms. The molecule has 0 saturated heterocycles. The van der Waals surface area contributed by atoms with E-state index in [-0.39, 0.29) is 23.6 Å². The van der Waals surface area contributed by atoms with E-state index in [1.807, 2.05) is 19.2 Å². The third-order valence-corrected chi connectivity index (χ3v) is 5.57. The van der Waals surface area contributed by atoms with E-state index in [1.165, 1.54) is 12.1 Å². The number of carbonyl (C=O) groups excluding carboxylic acids is 1. The first kappa shape index (κ1) is 20.7. The number of halogens is 1. The lowest BCUT2D eigenvalue weighted by Gasteiger charge is -2.27. The maximum atomic E-state index is 13.2. The highest BCUT2D eigenvalue weighted by molar-refractivity contribution is 5.89. The van der Waals surface area contributed by atoms with Gasteiger partial charge in [0.2, 0.25) is 5.89 Å². The molecule has 0 unspecified atom stereocenters. The van der Waals surface area contributed by atoms with Gasteiger partial charge >= 0.3 is 6.03 Å².